The average Bonchev–Trinajstić information content (AvgIpc) is 2.45. The molecule has 0 spiro atoms. The maximum absolute atomic E-state index is 11.5. The smallest absolute Gasteiger partial charge is 0.341 e. The molecule has 0 radical (unpaired) electrons. The summed E-state index contributed by atoms with van der Waals surface area (Å²) in [6, 6.07) is 9.93. The maximum atomic E-state index is 11.5. The van der Waals surface area contributed by atoms with Gasteiger partial charge in [-0.2, -0.15) is 0 Å². The van der Waals surface area contributed by atoms with Crippen LogP contribution in [0.2, 0.25) is 0 Å². The molecule has 0 saturated heterocycles. The van der Waals surface area contributed by atoms with E-state index in [-0.39, 0.29) is 0 Å². The van der Waals surface area contributed by atoms with Gasteiger partial charge in [-0.25, -0.2) is 4.79 Å². The van der Waals surface area contributed by atoms with Crippen LogP contribution in [0.5, 0.6) is 0 Å². The number of hydrogen-bond acceptors (Lipinski definition) is 3. The van der Waals surface area contributed by atoms with Crippen LogP contribution >= 0.6 is 0 Å². The highest BCUT2D eigenvalue weighted by molar-refractivity contribution is 5.92. The molecule has 0 amide bonds. The lowest BCUT2D eigenvalue weighted by Gasteiger charge is -2.04. The van der Waals surface area contributed by atoms with Crippen molar-refractivity contribution in [1.82, 2.24) is 0 Å². The summed E-state index contributed by atoms with van der Waals surface area (Å²) in [5.41, 5.74) is 2.28. The fourth-order valence-corrected chi connectivity index (χ4v) is 1.49. The normalized spacial score (nSPS) is 12.6. The zero-order valence-corrected chi connectivity index (χ0v) is 11.4. The Balaban J connectivity index is 2.83. The number of esters is 1. The number of methoxy groups -OCH3 is 2. The standard InChI is InChI=1S/C16H18O3/c1-13(15(12-18-2)16(17)19-3)8-7-11-14-9-5-4-6-10-14/h4-12H,1-3H3/b11-7+,13-8+,15-12+. The van der Waals surface area contributed by atoms with Crippen molar-refractivity contribution in [2.75, 3.05) is 14.2 Å². The second-order valence-corrected chi connectivity index (χ2v) is 3.88. The highest BCUT2D eigenvalue weighted by atomic mass is 16.5. The number of benzene rings is 1. The Kier molecular flexibility index (Phi) is 6.16. The van der Waals surface area contributed by atoms with Crippen molar-refractivity contribution in [2.45, 2.75) is 6.92 Å². The molecule has 0 unspecified atom stereocenters. The molecule has 19 heavy (non-hydrogen) atoms. The number of rotatable bonds is 5. The van der Waals surface area contributed by atoms with E-state index in [1.807, 2.05) is 55.5 Å². The van der Waals surface area contributed by atoms with Gasteiger partial charge in [0.25, 0.3) is 0 Å². The van der Waals surface area contributed by atoms with E-state index in [2.05, 4.69) is 0 Å². The summed E-state index contributed by atoms with van der Waals surface area (Å²) in [4.78, 5) is 11.5. The van der Waals surface area contributed by atoms with E-state index in [9.17, 15) is 4.79 Å². The number of carbonyl (C=O) groups is 1. The monoisotopic (exact) mass is 258 g/mol. The number of allylic oxidation sites excluding steroid dienone is 2. The van der Waals surface area contributed by atoms with E-state index in [1.54, 1.807) is 0 Å². The van der Waals surface area contributed by atoms with Crippen LogP contribution in [0.25, 0.3) is 6.08 Å². The van der Waals surface area contributed by atoms with E-state index in [0.717, 1.165) is 11.1 Å². The van der Waals surface area contributed by atoms with Gasteiger partial charge in [0.2, 0.25) is 0 Å². The molecule has 1 aromatic rings. The molecular weight excluding hydrogens is 240 g/mol. The fraction of sp³-hybridized carbons (Fsp3) is 0.188. The molecule has 3 heteroatoms. The van der Waals surface area contributed by atoms with Crippen LogP contribution in [-0.2, 0) is 14.3 Å². The molecule has 0 aliphatic heterocycles. The van der Waals surface area contributed by atoms with E-state index in [4.69, 9.17) is 9.47 Å². The molecule has 0 aromatic heterocycles. The van der Waals surface area contributed by atoms with Crippen molar-refractivity contribution in [3.05, 3.63) is 65.5 Å². The Labute approximate surface area is 113 Å². The summed E-state index contributed by atoms with van der Waals surface area (Å²) in [7, 11) is 2.84. The molecule has 0 N–H and O–H groups in total. The van der Waals surface area contributed by atoms with E-state index in [1.165, 1.54) is 20.5 Å². The Morgan fingerprint density at radius 3 is 2.42 bits per heavy atom. The molecule has 0 atom stereocenters. The second-order valence-electron chi connectivity index (χ2n) is 3.88. The molecule has 1 aromatic carbocycles. The van der Waals surface area contributed by atoms with E-state index < -0.39 is 5.97 Å². The van der Waals surface area contributed by atoms with E-state index >= 15 is 0 Å². The van der Waals surface area contributed by atoms with Crippen molar-refractivity contribution < 1.29 is 14.3 Å². The average molecular weight is 258 g/mol. The first kappa shape index (κ1) is 14.8. The first-order chi connectivity index (χ1) is 9.19. The van der Waals surface area contributed by atoms with Gasteiger partial charge in [0.1, 0.15) is 0 Å². The Hall–Kier alpha value is -2.29. The first-order valence-electron chi connectivity index (χ1n) is 5.90. The van der Waals surface area contributed by atoms with Crippen molar-refractivity contribution in [3.8, 4) is 0 Å². The minimum atomic E-state index is -0.413. The molecule has 0 fully saturated rings. The lowest BCUT2D eigenvalue weighted by molar-refractivity contribution is -0.135. The number of hydrogen-bond donors (Lipinski definition) is 0. The Morgan fingerprint density at radius 1 is 1.16 bits per heavy atom. The van der Waals surface area contributed by atoms with Crippen molar-refractivity contribution in [3.63, 3.8) is 0 Å². The van der Waals surface area contributed by atoms with Crippen LogP contribution < -0.4 is 0 Å². The summed E-state index contributed by atoms with van der Waals surface area (Å²) < 4.78 is 9.58. The molecule has 0 heterocycles. The summed E-state index contributed by atoms with van der Waals surface area (Å²) in [5, 5.41) is 0. The summed E-state index contributed by atoms with van der Waals surface area (Å²) in [6.07, 6.45) is 7.07. The molecule has 100 valence electrons. The van der Waals surface area contributed by atoms with Crippen LogP contribution in [0.4, 0.5) is 0 Å². The number of ether oxygens (including phenoxy) is 2. The quantitative estimate of drug-likeness (QED) is 0.351. The minimum Gasteiger partial charge on any atom is -0.503 e. The van der Waals surface area contributed by atoms with Gasteiger partial charge in [0, 0.05) is 0 Å². The van der Waals surface area contributed by atoms with E-state index in [0.29, 0.717) is 5.57 Å². The molecule has 0 aliphatic carbocycles. The third-order valence-corrected chi connectivity index (χ3v) is 2.50. The van der Waals surface area contributed by atoms with Gasteiger partial charge in [0.05, 0.1) is 26.1 Å². The Morgan fingerprint density at radius 2 is 1.84 bits per heavy atom. The van der Waals surface area contributed by atoms with Gasteiger partial charge in [-0.15, -0.1) is 0 Å². The summed E-state index contributed by atoms with van der Waals surface area (Å²) in [5.74, 6) is -0.413. The lowest BCUT2D eigenvalue weighted by atomic mass is 10.1. The topological polar surface area (TPSA) is 35.5 Å². The third-order valence-electron chi connectivity index (χ3n) is 2.50. The number of carbonyl (C=O) groups excluding carboxylic acids is 1. The predicted octanol–water partition coefficient (Wildman–Crippen LogP) is 3.35. The van der Waals surface area contributed by atoms with Gasteiger partial charge in [-0.1, -0.05) is 48.6 Å². The van der Waals surface area contributed by atoms with Gasteiger partial charge in [-0.3, -0.25) is 0 Å². The highest BCUT2D eigenvalue weighted by Gasteiger charge is 2.11. The fourth-order valence-electron chi connectivity index (χ4n) is 1.49. The largest absolute Gasteiger partial charge is 0.503 e. The molecule has 1 rings (SSSR count). The second kappa shape index (κ2) is 7.93. The van der Waals surface area contributed by atoms with Gasteiger partial charge >= 0.3 is 5.97 Å². The van der Waals surface area contributed by atoms with Crippen LogP contribution in [0.1, 0.15) is 12.5 Å². The Bertz CT molecular complexity index is 496. The minimum absolute atomic E-state index is 0.405. The predicted molar refractivity (Wildman–Crippen MR) is 76.3 cm³/mol. The van der Waals surface area contributed by atoms with Crippen molar-refractivity contribution in [2.24, 2.45) is 0 Å². The van der Waals surface area contributed by atoms with Crippen molar-refractivity contribution in [1.29, 1.82) is 0 Å². The summed E-state index contributed by atoms with van der Waals surface area (Å²) >= 11 is 0. The SMILES string of the molecule is CO\C=C(C(=O)OC)/C(C)=C/C=C/c1ccccc1. The van der Waals surface area contributed by atoms with Crippen LogP contribution in [0.15, 0.2) is 59.9 Å². The third kappa shape index (κ3) is 4.84. The lowest BCUT2D eigenvalue weighted by Crippen LogP contribution is -2.06. The zero-order chi connectivity index (χ0) is 14.1. The molecular formula is C16H18O3. The molecule has 3 nitrogen and oxygen atoms in total. The highest BCUT2D eigenvalue weighted by Crippen LogP contribution is 2.12. The van der Waals surface area contributed by atoms with Gasteiger partial charge < -0.3 is 9.47 Å². The van der Waals surface area contributed by atoms with Gasteiger partial charge in [-0.05, 0) is 18.1 Å². The maximum Gasteiger partial charge on any atom is 0.341 e. The van der Waals surface area contributed by atoms with Gasteiger partial charge in [0.15, 0.2) is 0 Å². The van der Waals surface area contributed by atoms with Crippen molar-refractivity contribution >= 4 is 12.0 Å². The molecule has 0 bridgehead atoms. The zero-order valence-electron chi connectivity index (χ0n) is 11.4. The summed E-state index contributed by atoms with van der Waals surface area (Å²) in [6.45, 7) is 1.83. The molecule has 0 saturated carbocycles. The first-order valence-corrected chi connectivity index (χ1v) is 5.90. The van der Waals surface area contributed by atoms with Crippen LogP contribution in [0, 0.1) is 0 Å². The van der Waals surface area contributed by atoms with Crippen LogP contribution in [0.3, 0.4) is 0 Å². The van der Waals surface area contributed by atoms with Crippen LogP contribution in [-0.4, -0.2) is 20.2 Å². The molecule has 0 aliphatic rings.